The number of carboxylic acid groups (broad SMARTS) is 1. The molecule has 3 rings (SSSR count). The molecular formula is C16H10NO4S2-. The van der Waals surface area contributed by atoms with E-state index in [2.05, 4.69) is 5.32 Å². The van der Waals surface area contributed by atoms with Gasteiger partial charge in [0.2, 0.25) is 0 Å². The highest BCUT2D eigenvalue weighted by Crippen LogP contribution is 2.30. The van der Waals surface area contributed by atoms with Gasteiger partial charge < -0.3 is 19.6 Å². The van der Waals surface area contributed by atoms with Gasteiger partial charge in [0.25, 0.3) is 5.91 Å². The number of rotatable bonds is 3. The molecule has 0 unspecified atom stereocenters. The van der Waals surface area contributed by atoms with Crippen molar-refractivity contribution in [2.45, 2.75) is 6.92 Å². The van der Waals surface area contributed by atoms with E-state index in [-0.39, 0.29) is 11.5 Å². The number of carbonyl (C=O) groups excluding carboxylic acids is 2. The van der Waals surface area contributed by atoms with Crippen molar-refractivity contribution in [1.29, 1.82) is 0 Å². The highest BCUT2D eigenvalue weighted by atomic mass is 32.2. The van der Waals surface area contributed by atoms with E-state index in [0.29, 0.717) is 20.7 Å². The molecule has 0 radical (unpaired) electrons. The van der Waals surface area contributed by atoms with Gasteiger partial charge in [0.15, 0.2) is 0 Å². The third-order valence-electron chi connectivity index (χ3n) is 3.27. The quantitative estimate of drug-likeness (QED) is 0.678. The van der Waals surface area contributed by atoms with Gasteiger partial charge in [-0.2, -0.15) is 0 Å². The Kier molecular flexibility index (Phi) is 4.06. The third-order valence-corrected chi connectivity index (χ3v) is 4.43. The lowest BCUT2D eigenvalue weighted by atomic mass is 10.0. The number of carbonyl (C=O) groups is 2. The van der Waals surface area contributed by atoms with Crippen molar-refractivity contribution in [3.05, 3.63) is 52.1 Å². The van der Waals surface area contributed by atoms with Gasteiger partial charge in [-0.15, -0.1) is 0 Å². The Morgan fingerprint density at radius 2 is 2.13 bits per heavy atom. The van der Waals surface area contributed by atoms with Gasteiger partial charge in [-0.1, -0.05) is 36.1 Å². The normalized spacial score (nSPS) is 16.0. The average Bonchev–Trinajstić information content (AvgIpc) is 3.06. The van der Waals surface area contributed by atoms with Gasteiger partial charge in [0, 0.05) is 11.6 Å². The van der Waals surface area contributed by atoms with E-state index < -0.39 is 5.97 Å². The second kappa shape index (κ2) is 6.02. The Labute approximate surface area is 141 Å². The summed E-state index contributed by atoms with van der Waals surface area (Å²) in [7, 11) is 0. The molecule has 1 aliphatic heterocycles. The van der Waals surface area contributed by atoms with Crippen LogP contribution in [0.25, 0.3) is 17.4 Å². The van der Waals surface area contributed by atoms with Crippen molar-refractivity contribution in [3.8, 4) is 11.3 Å². The van der Waals surface area contributed by atoms with Crippen molar-refractivity contribution in [3.63, 3.8) is 0 Å². The molecule has 2 heterocycles. The minimum Gasteiger partial charge on any atom is -0.545 e. The van der Waals surface area contributed by atoms with E-state index in [4.69, 9.17) is 16.6 Å². The minimum atomic E-state index is -1.22. The molecular weight excluding hydrogens is 334 g/mol. The van der Waals surface area contributed by atoms with Gasteiger partial charge in [-0.25, -0.2) is 0 Å². The van der Waals surface area contributed by atoms with E-state index in [9.17, 15) is 14.7 Å². The van der Waals surface area contributed by atoms with Gasteiger partial charge in [0.1, 0.15) is 15.8 Å². The Hall–Kier alpha value is -2.38. The Bertz CT molecular complexity index is 867. The number of carboxylic acids is 1. The summed E-state index contributed by atoms with van der Waals surface area (Å²) in [6, 6.07) is 8.18. The van der Waals surface area contributed by atoms with E-state index in [1.165, 1.54) is 23.9 Å². The predicted molar refractivity (Wildman–Crippen MR) is 89.5 cm³/mol. The fourth-order valence-corrected chi connectivity index (χ4v) is 3.22. The summed E-state index contributed by atoms with van der Waals surface area (Å²) in [6.45, 7) is 1.79. The number of aromatic carboxylic acids is 1. The zero-order chi connectivity index (χ0) is 16.6. The van der Waals surface area contributed by atoms with Crippen LogP contribution in [0.4, 0.5) is 0 Å². The number of aryl methyl sites for hydroxylation is 1. The van der Waals surface area contributed by atoms with E-state index in [1.807, 2.05) is 0 Å². The number of nitrogens with one attached hydrogen (secondary N) is 1. The van der Waals surface area contributed by atoms with Crippen molar-refractivity contribution >= 4 is 46.3 Å². The Morgan fingerprint density at radius 1 is 1.35 bits per heavy atom. The van der Waals surface area contributed by atoms with E-state index in [0.717, 1.165) is 11.1 Å². The minimum absolute atomic E-state index is 0.118. The molecule has 116 valence electrons. The topological polar surface area (TPSA) is 82.4 Å². The molecule has 0 aliphatic carbocycles. The summed E-state index contributed by atoms with van der Waals surface area (Å²) in [6.07, 6.45) is 1.62. The van der Waals surface area contributed by atoms with Crippen molar-refractivity contribution < 1.29 is 19.1 Å². The maximum Gasteiger partial charge on any atom is 0.263 e. The first-order chi connectivity index (χ1) is 10.9. The maximum atomic E-state index is 11.6. The van der Waals surface area contributed by atoms with Gasteiger partial charge >= 0.3 is 0 Å². The molecule has 0 bridgehead atoms. The van der Waals surface area contributed by atoms with Crippen LogP contribution in [-0.4, -0.2) is 16.2 Å². The Morgan fingerprint density at radius 3 is 2.74 bits per heavy atom. The highest BCUT2D eigenvalue weighted by Gasteiger charge is 2.22. The largest absolute Gasteiger partial charge is 0.545 e. The molecule has 0 saturated carbocycles. The van der Waals surface area contributed by atoms with Crippen molar-refractivity contribution in [2.24, 2.45) is 0 Å². The van der Waals surface area contributed by atoms with Crippen molar-refractivity contribution in [2.75, 3.05) is 0 Å². The van der Waals surface area contributed by atoms with Gasteiger partial charge in [0.05, 0.1) is 10.9 Å². The zero-order valence-electron chi connectivity index (χ0n) is 11.9. The van der Waals surface area contributed by atoms with Crippen LogP contribution in [-0.2, 0) is 4.79 Å². The van der Waals surface area contributed by atoms with Crippen LogP contribution in [0.3, 0.4) is 0 Å². The summed E-state index contributed by atoms with van der Waals surface area (Å²) in [5, 5.41) is 13.4. The first-order valence-corrected chi connectivity index (χ1v) is 7.83. The SMILES string of the molecule is Cc1cc(C(=O)[O-])ccc1-c1ccc(/C=C2\SC(=S)NC2=O)o1. The lowest BCUT2D eigenvalue weighted by Crippen LogP contribution is -2.22. The van der Waals surface area contributed by atoms with Crippen LogP contribution in [0.15, 0.2) is 39.7 Å². The molecule has 2 aromatic rings. The molecule has 0 atom stereocenters. The predicted octanol–water partition coefficient (Wildman–Crippen LogP) is 2.11. The molecule has 1 aromatic carbocycles. The van der Waals surface area contributed by atoms with Crippen LogP contribution in [0.5, 0.6) is 0 Å². The van der Waals surface area contributed by atoms with Gasteiger partial charge in [-0.3, -0.25) is 4.79 Å². The fourth-order valence-electron chi connectivity index (χ4n) is 2.19. The number of benzene rings is 1. The third kappa shape index (κ3) is 3.20. The number of thioether (sulfide) groups is 1. The number of hydrogen-bond donors (Lipinski definition) is 1. The number of furan rings is 1. The molecule has 23 heavy (non-hydrogen) atoms. The summed E-state index contributed by atoms with van der Waals surface area (Å²) >= 11 is 6.11. The molecule has 1 fully saturated rings. The summed E-state index contributed by atoms with van der Waals surface area (Å²) in [5.41, 5.74) is 1.65. The van der Waals surface area contributed by atoms with Crippen LogP contribution >= 0.6 is 24.0 Å². The second-order valence-corrected chi connectivity index (χ2v) is 6.59. The molecule has 0 spiro atoms. The molecule has 1 aromatic heterocycles. The lowest BCUT2D eigenvalue weighted by Gasteiger charge is -2.07. The van der Waals surface area contributed by atoms with Crippen LogP contribution in [0, 0.1) is 6.92 Å². The molecule has 1 amide bonds. The van der Waals surface area contributed by atoms with E-state index >= 15 is 0 Å². The maximum absolute atomic E-state index is 11.6. The fraction of sp³-hybridized carbons (Fsp3) is 0.0625. The summed E-state index contributed by atoms with van der Waals surface area (Å²) in [5.74, 6) is -0.354. The van der Waals surface area contributed by atoms with Crippen LogP contribution in [0.2, 0.25) is 0 Å². The second-order valence-electron chi connectivity index (χ2n) is 4.87. The smallest absolute Gasteiger partial charge is 0.263 e. The first kappa shape index (κ1) is 15.5. The lowest BCUT2D eigenvalue weighted by molar-refractivity contribution is -0.255. The van der Waals surface area contributed by atoms with E-state index in [1.54, 1.807) is 31.2 Å². The molecule has 1 saturated heterocycles. The zero-order valence-corrected chi connectivity index (χ0v) is 13.5. The molecule has 1 N–H and O–H groups in total. The van der Waals surface area contributed by atoms with Crippen LogP contribution < -0.4 is 10.4 Å². The molecule has 5 nitrogen and oxygen atoms in total. The van der Waals surface area contributed by atoms with Crippen LogP contribution in [0.1, 0.15) is 21.7 Å². The first-order valence-electron chi connectivity index (χ1n) is 6.61. The highest BCUT2D eigenvalue weighted by molar-refractivity contribution is 8.26. The monoisotopic (exact) mass is 344 g/mol. The molecule has 1 aliphatic rings. The van der Waals surface area contributed by atoms with Crippen molar-refractivity contribution in [1.82, 2.24) is 5.32 Å². The molecule has 7 heteroatoms. The van der Waals surface area contributed by atoms with Gasteiger partial charge in [-0.05, 0) is 36.2 Å². The standard InChI is InChI=1S/C16H11NO4S2/c1-8-6-9(15(19)20)2-4-11(8)12-5-3-10(21-12)7-13-14(18)17-16(22)23-13/h2-7H,1H3,(H,19,20)(H,17,18,22)/p-1/b13-7-. The number of amides is 1. The number of thiocarbonyl (C=S) groups is 1. The average molecular weight is 344 g/mol. The summed E-state index contributed by atoms with van der Waals surface area (Å²) < 4.78 is 6.14. The Balaban J connectivity index is 1.91. The number of hydrogen-bond acceptors (Lipinski definition) is 6. The summed E-state index contributed by atoms with van der Waals surface area (Å²) in [4.78, 5) is 23.0.